The van der Waals surface area contributed by atoms with E-state index in [1.165, 1.54) is 12.0 Å². The standard InChI is InChI=1S/C21H28O4/c1-15-3-5-18(6-4-15)24-7-2-8-25-19(22)20-10-16-9-17(11-20)13-21(23,12-16)14-20/h3-6,16-17,23H,2,7-14H2,1H3/t16-,17+,20?,21?. The molecular formula is C21H28O4. The smallest absolute Gasteiger partial charge is 0.312 e. The quantitative estimate of drug-likeness (QED) is 0.632. The normalized spacial score (nSPS) is 35.6. The SMILES string of the molecule is Cc1ccc(OCCCOC(=O)C23C[C@@H]4C[C@@H](CC(O)(C4)C2)C3)cc1. The number of carbonyl (C=O) groups excluding carboxylic acids is 1. The van der Waals surface area contributed by atoms with Crippen LogP contribution in [-0.4, -0.2) is 29.9 Å². The van der Waals surface area contributed by atoms with Crippen molar-refractivity contribution in [3.8, 4) is 5.75 Å². The highest BCUT2D eigenvalue weighted by molar-refractivity contribution is 5.77. The molecule has 4 heteroatoms. The molecule has 0 amide bonds. The Labute approximate surface area is 149 Å². The van der Waals surface area contributed by atoms with Gasteiger partial charge in [-0.1, -0.05) is 17.7 Å². The van der Waals surface area contributed by atoms with Crippen molar-refractivity contribution in [3.63, 3.8) is 0 Å². The van der Waals surface area contributed by atoms with Crippen LogP contribution in [0.25, 0.3) is 0 Å². The predicted molar refractivity (Wildman–Crippen MR) is 94.3 cm³/mol. The van der Waals surface area contributed by atoms with Gasteiger partial charge in [-0.2, -0.15) is 0 Å². The molecule has 2 unspecified atom stereocenters. The highest BCUT2D eigenvalue weighted by Gasteiger charge is 2.60. The van der Waals surface area contributed by atoms with Gasteiger partial charge in [0.1, 0.15) is 5.75 Å². The molecule has 0 heterocycles. The second-order valence-corrected chi connectivity index (χ2v) is 8.62. The zero-order valence-corrected chi connectivity index (χ0v) is 15.0. The maximum absolute atomic E-state index is 12.7. The van der Waals surface area contributed by atoms with Gasteiger partial charge < -0.3 is 14.6 Å². The zero-order valence-electron chi connectivity index (χ0n) is 15.0. The van der Waals surface area contributed by atoms with Crippen LogP contribution >= 0.6 is 0 Å². The molecule has 1 N–H and O–H groups in total. The summed E-state index contributed by atoms with van der Waals surface area (Å²) >= 11 is 0. The van der Waals surface area contributed by atoms with Crippen molar-refractivity contribution < 1.29 is 19.4 Å². The number of benzene rings is 1. The van der Waals surface area contributed by atoms with E-state index in [0.717, 1.165) is 31.4 Å². The lowest BCUT2D eigenvalue weighted by Crippen LogP contribution is -2.58. The molecule has 4 atom stereocenters. The van der Waals surface area contributed by atoms with Crippen molar-refractivity contribution in [2.24, 2.45) is 17.3 Å². The van der Waals surface area contributed by atoms with E-state index in [2.05, 4.69) is 0 Å². The molecule has 4 saturated carbocycles. The van der Waals surface area contributed by atoms with Gasteiger partial charge in [0.05, 0.1) is 24.2 Å². The summed E-state index contributed by atoms with van der Waals surface area (Å²) < 4.78 is 11.3. The number of aliphatic hydroxyl groups is 1. The number of ether oxygens (including phenoxy) is 2. The predicted octanol–water partition coefficient (Wildman–Crippen LogP) is 3.64. The third-order valence-corrected chi connectivity index (χ3v) is 6.27. The molecule has 136 valence electrons. The average Bonchev–Trinajstić information content (AvgIpc) is 2.54. The maximum atomic E-state index is 12.7. The van der Waals surface area contributed by atoms with Crippen LogP contribution in [0.15, 0.2) is 24.3 Å². The molecule has 0 aromatic heterocycles. The molecule has 0 aliphatic heterocycles. The van der Waals surface area contributed by atoms with Gasteiger partial charge in [-0.15, -0.1) is 0 Å². The number of rotatable bonds is 6. The van der Waals surface area contributed by atoms with E-state index in [1.54, 1.807) is 0 Å². The summed E-state index contributed by atoms with van der Waals surface area (Å²) in [6.45, 7) is 2.98. The average molecular weight is 344 g/mol. The monoisotopic (exact) mass is 344 g/mol. The van der Waals surface area contributed by atoms with Crippen molar-refractivity contribution in [2.45, 2.75) is 57.5 Å². The topological polar surface area (TPSA) is 55.8 Å². The highest BCUT2D eigenvalue weighted by Crippen LogP contribution is 2.61. The lowest BCUT2D eigenvalue weighted by Gasteiger charge is -2.58. The fourth-order valence-electron chi connectivity index (χ4n) is 5.65. The van der Waals surface area contributed by atoms with Gasteiger partial charge in [0, 0.05) is 6.42 Å². The molecule has 4 aliphatic carbocycles. The Bertz CT molecular complexity index is 622. The van der Waals surface area contributed by atoms with E-state index >= 15 is 0 Å². The lowest BCUT2D eigenvalue weighted by atomic mass is 9.48. The van der Waals surface area contributed by atoms with Crippen molar-refractivity contribution in [1.82, 2.24) is 0 Å². The van der Waals surface area contributed by atoms with E-state index in [4.69, 9.17) is 9.47 Å². The Morgan fingerprint density at radius 1 is 1.12 bits per heavy atom. The second-order valence-electron chi connectivity index (χ2n) is 8.62. The first-order valence-corrected chi connectivity index (χ1v) is 9.56. The lowest BCUT2D eigenvalue weighted by molar-refractivity contribution is -0.196. The van der Waals surface area contributed by atoms with Crippen molar-refractivity contribution in [3.05, 3.63) is 29.8 Å². The van der Waals surface area contributed by atoms with Gasteiger partial charge in [0.25, 0.3) is 0 Å². The molecule has 4 fully saturated rings. The zero-order chi connectivity index (χ0) is 17.5. The molecule has 0 spiro atoms. The number of aryl methyl sites for hydroxylation is 1. The third kappa shape index (κ3) is 3.41. The maximum Gasteiger partial charge on any atom is 0.312 e. The summed E-state index contributed by atoms with van der Waals surface area (Å²) in [6.07, 6.45) is 6.04. The fraction of sp³-hybridized carbons (Fsp3) is 0.667. The second kappa shape index (κ2) is 6.31. The molecule has 4 nitrogen and oxygen atoms in total. The van der Waals surface area contributed by atoms with Gasteiger partial charge in [0.2, 0.25) is 0 Å². The number of carbonyl (C=O) groups is 1. The summed E-state index contributed by atoms with van der Waals surface area (Å²) in [5, 5.41) is 10.7. The van der Waals surface area contributed by atoms with Gasteiger partial charge in [0.15, 0.2) is 0 Å². The number of hydrogen-bond donors (Lipinski definition) is 1. The molecule has 25 heavy (non-hydrogen) atoms. The van der Waals surface area contributed by atoms with Crippen molar-refractivity contribution in [2.75, 3.05) is 13.2 Å². The Kier molecular flexibility index (Phi) is 4.27. The van der Waals surface area contributed by atoms with Crippen LogP contribution in [0.5, 0.6) is 5.75 Å². The van der Waals surface area contributed by atoms with Gasteiger partial charge >= 0.3 is 5.97 Å². The Balaban J connectivity index is 1.25. The summed E-state index contributed by atoms with van der Waals surface area (Å²) in [6, 6.07) is 7.95. The van der Waals surface area contributed by atoms with Crippen LogP contribution < -0.4 is 4.74 Å². The summed E-state index contributed by atoms with van der Waals surface area (Å²) in [4.78, 5) is 12.7. The first-order valence-electron chi connectivity index (χ1n) is 9.56. The first-order chi connectivity index (χ1) is 12.0. The van der Waals surface area contributed by atoms with Crippen LogP contribution in [0.3, 0.4) is 0 Å². The third-order valence-electron chi connectivity index (χ3n) is 6.27. The number of hydrogen-bond acceptors (Lipinski definition) is 4. The molecular weight excluding hydrogens is 316 g/mol. The largest absolute Gasteiger partial charge is 0.493 e. The molecule has 1 aromatic rings. The molecule has 5 rings (SSSR count). The van der Waals surface area contributed by atoms with Gasteiger partial charge in [-0.25, -0.2) is 0 Å². The molecule has 0 radical (unpaired) electrons. The Morgan fingerprint density at radius 3 is 2.44 bits per heavy atom. The van der Waals surface area contributed by atoms with Crippen molar-refractivity contribution in [1.29, 1.82) is 0 Å². The van der Waals surface area contributed by atoms with Crippen LogP contribution in [-0.2, 0) is 9.53 Å². The van der Waals surface area contributed by atoms with Crippen LogP contribution in [0.4, 0.5) is 0 Å². The number of esters is 1. The molecule has 4 bridgehead atoms. The highest BCUT2D eigenvalue weighted by atomic mass is 16.5. The van der Waals surface area contributed by atoms with E-state index in [9.17, 15) is 9.90 Å². The van der Waals surface area contributed by atoms with Gasteiger partial charge in [-0.3, -0.25) is 4.79 Å². The first kappa shape index (κ1) is 16.9. The minimum absolute atomic E-state index is 0.0876. The van der Waals surface area contributed by atoms with E-state index in [1.807, 2.05) is 31.2 Å². The van der Waals surface area contributed by atoms with Crippen LogP contribution in [0.1, 0.15) is 50.5 Å². The fourth-order valence-corrected chi connectivity index (χ4v) is 5.65. The van der Waals surface area contributed by atoms with Crippen molar-refractivity contribution >= 4 is 5.97 Å². The van der Waals surface area contributed by atoms with Crippen LogP contribution in [0.2, 0.25) is 0 Å². The van der Waals surface area contributed by atoms with E-state index < -0.39 is 11.0 Å². The Morgan fingerprint density at radius 2 is 1.80 bits per heavy atom. The van der Waals surface area contributed by atoms with Gasteiger partial charge in [-0.05, 0) is 69.4 Å². The summed E-state index contributed by atoms with van der Waals surface area (Å²) in [5.41, 5.74) is 0.174. The molecule has 1 aromatic carbocycles. The molecule has 4 aliphatic rings. The molecule has 0 saturated heterocycles. The van der Waals surface area contributed by atoms with Crippen LogP contribution in [0, 0.1) is 24.2 Å². The summed E-state index contributed by atoms with van der Waals surface area (Å²) in [5.74, 6) is 1.77. The Hall–Kier alpha value is -1.55. The minimum Gasteiger partial charge on any atom is -0.493 e. The van der Waals surface area contributed by atoms with E-state index in [-0.39, 0.29) is 5.97 Å². The summed E-state index contributed by atoms with van der Waals surface area (Å²) in [7, 11) is 0. The van der Waals surface area contributed by atoms with E-state index in [0.29, 0.717) is 37.9 Å². The minimum atomic E-state index is -0.613.